The summed E-state index contributed by atoms with van der Waals surface area (Å²) in [5.41, 5.74) is 6.05. The van der Waals surface area contributed by atoms with Gasteiger partial charge in [-0.3, -0.25) is 9.79 Å². The normalized spacial score (nSPS) is 21.9. The lowest BCUT2D eigenvalue weighted by atomic mass is 9.74. The number of aliphatic imine (C=N–C) groups is 1. The van der Waals surface area contributed by atoms with Crippen molar-refractivity contribution in [1.82, 2.24) is 0 Å². The zero-order valence-electron chi connectivity index (χ0n) is 19.3. The quantitative estimate of drug-likeness (QED) is 0.451. The van der Waals surface area contributed by atoms with Crippen LogP contribution in [0.1, 0.15) is 61.1 Å². The predicted octanol–water partition coefficient (Wildman–Crippen LogP) is 7.21. The maximum atomic E-state index is 13.9. The van der Waals surface area contributed by atoms with Gasteiger partial charge in [-0.1, -0.05) is 60.6 Å². The van der Waals surface area contributed by atoms with Gasteiger partial charge in [0.1, 0.15) is 17.4 Å². The van der Waals surface area contributed by atoms with Crippen molar-refractivity contribution in [2.24, 2.45) is 10.9 Å². The van der Waals surface area contributed by atoms with E-state index in [0.717, 1.165) is 44.1 Å². The Morgan fingerprint density at radius 3 is 2.56 bits per heavy atom. The SMILES string of the molecule is O=C(Cc1cccc(C2CCCC(C3=NC=CCC4=C3C=CC4)C2)c1)Cc1c(F)cccc1F. The second-order valence-electron chi connectivity index (χ2n) is 9.62. The zero-order valence-corrected chi connectivity index (χ0v) is 19.3. The van der Waals surface area contributed by atoms with Crippen LogP contribution in [0.4, 0.5) is 8.78 Å². The average molecular weight is 458 g/mol. The number of nitrogens with zero attached hydrogens (tertiary/aromatic N) is 1. The van der Waals surface area contributed by atoms with Gasteiger partial charge in [0.05, 0.1) is 5.71 Å². The molecule has 2 aromatic rings. The van der Waals surface area contributed by atoms with Crippen molar-refractivity contribution in [2.75, 3.05) is 0 Å². The minimum absolute atomic E-state index is 0.147. The van der Waals surface area contributed by atoms with Crippen LogP contribution in [0.3, 0.4) is 0 Å². The van der Waals surface area contributed by atoms with Crippen LogP contribution >= 0.6 is 0 Å². The third-order valence-electron chi connectivity index (χ3n) is 7.31. The molecule has 5 rings (SSSR count). The maximum absolute atomic E-state index is 13.9. The van der Waals surface area contributed by atoms with Gasteiger partial charge in [0.25, 0.3) is 0 Å². The fraction of sp³-hybridized carbons (Fsp3) is 0.333. The Morgan fingerprint density at radius 1 is 0.941 bits per heavy atom. The number of hydrogen-bond acceptors (Lipinski definition) is 2. The molecule has 1 fully saturated rings. The van der Waals surface area contributed by atoms with Crippen molar-refractivity contribution >= 4 is 11.5 Å². The van der Waals surface area contributed by atoms with E-state index in [-0.39, 0.29) is 24.2 Å². The van der Waals surface area contributed by atoms with Crippen molar-refractivity contribution in [1.29, 1.82) is 0 Å². The molecule has 174 valence electrons. The molecule has 3 aliphatic rings. The van der Waals surface area contributed by atoms with Gasteiger partial charge in [0, 0.05) is 30.5 Å². The van der Waals surface area contributed by atoms with E-state index in [1.165, 1.54) is 40.6 Å². The van der Waals surface area contributed by atoms with Crippen LogP contribution in [0, 0.1) is 17.6 Å². The highest BCUT2D eigenvalue weighted by molar-refractivity contribution is 6.06. The number of carbonyl (C=O) groups is 1. The molecule has 0 saturated heterocycles. The summed E-state index contributed by atoms with van der Waals surface area (Å²) in [4.78, 5) is 17.5. The van der Waals surface area contributed by atoms with E-state index in [4.69, 9.17) is 4.99 Å². The first-order valence-corrected chi connectivity index (χ1v) is 12.2. The standard InChI is InChI=1S/C30H29F2NO/c31-28-13-4-14-29(32)27(28)19-25(34)17-20-6-1-8-22(16-20)23-9-2-10-24(18-23)30-26-12-3-7-21(26)11-5-15-33-30/h1,3-6,8,12-16,23-24H,2,7,9-11,17-19H2. The van der Waals surface area contributed by atoms with Gasteiger partial charge in [-0.25, -0.2) is 8.78 Å². The molecule has 1 saturated carbocycles. The van der Waals surface area contributed by atoms with Crippen molar-refractivity contribution in [2.45, 2.75) is 57.3 Å². The number of carbonyl (C=O) groups excluding carboxylic acids is 1. The lowest BCUT2D eigenvalue weighted by Gasteiger charge is -2.31. The maximum Gasteiger partial charge on any atom is 0.141 e. The summed E-state index contributed by atoms with van der Waals surface area (Å²) in [5, 5.41) is 0. The van der Waals surface area contributed by atoms with Crippen LogP contribution < -0.4 is 0 Å². The highest BCUT2D eigenvalue weighted by Crippen LogP contribution is 2.40. The highest BCUT2D eigenvalue weighted by atomic mass is 19.1. The minimum atomic E-state index is -0.665. The van der Waals surface area contributed by atoms with Gasteiger partial charge in [0.2, 0.25) is 0 Å². The summed E-state index contributed by atoms with van der Waals surface area (Å²) in [7, 11) is 0. The monoisotopic (exact) mass is 457 g/mol. The van der Waals surface area contributed by atoms with Crippen molar-refractivity contribution in [3.8, 4) is 0 Å². The van der Waals surface area contributed by atoms with Crippen LogP contribution in [0.2, 0.25) is 0 Å². The van der Waals surface area contributed by atoms with Crippen molar-refractivity contribution in [3.63, 3.8) is 0 Å². The molecular formula is C30H29F2NO. The molecule has 34 heavy (non-hydrogen) atoms. The minimum Gasteiger partial charge on any atom is -0.299 e. The van der Waals surface area contributed by atoms with E-state index in [9.17, 15) is 13.6 Å². The van der Waals surface area contributed by atoms with Gasteiger partial charge >= 0.3 is 0 Å². The van der Waals surface area contributed by atoms with Crippen molar-refractivity contribution in [3.05, 3.63) is 106 Å². The molecule has 2 aromatic carbocycles. The zero-order chi connectivity index (χ0) is 23.5. The summed E-state index contributed by atoms with van der Waals surface area (Å²) in [5.74, 6) is -0.662. The first-order valence-electron chi connectivity index (χ1n) is 12.2. The molecule has 2 aliphatic carbocycles. The Kier molecular flexibility index (Phi) is 6.66. The van der Waals surface area contributed by atoms with Crippen LogP contribution in [0.25, 0.3) is 0 Å². The number of hydrogen-bond donors (Lipinski definition) is 0. The van der Waals surface area contributed by atoms with E-state index in [1.54, 1.807) is 0 Å². The fourth-order valence-corrected chi connectivity index (χ4v) is 5.62. The molecule has 4 heteroatoms. The first kappa shape index (κ1) is 22.6. The summed E-state index contributed by atoms with van der Waals surface area (Å²) in [6, 6.07) is 11.9. The van der Waals surface area contributed by atoms with E-state index in [1.807, 2.05) is 18.3 Å². The molecular weight excluding hydrogens is 428 g/mol. The number of allylic oxidation sites excluding steroid dienone is 5. The van der Waals surface area contributed by atoms with Crippen LogP contribution in [-0.2, 0) is 17.6 Å². The number of halogens is 2. The molecule has 0 spiro atoms. The second-order valence-corrected chi connectivity index (χ2v) is 9.62. The van der Waals surface area contributed by atoms with Gasteiger partial charge in [-0.15, -0.1) is 0 Å². The van der Waals surface area contributed by atoms with Gasteiger partial charge < -0.3 is 0 Å². The topological polar surface area (TPSA) is 29.4 Å². The molecule has 1 aliphatic heterocycles. The van der Waals surface area contributed by atoms with E-state index < -0.39 is 11.6 Å². The van der Waals surface area contributed by atoms with Gasteiger partial charge in [-0.2, -0.15) is 0 Å². The lowest BCUT2D eigenvalue weighted by Crippen LogP contribution is -2.23. The molecule has 0 bridgehead atoms. The molecule has 2 atom stereocenters. The molecule has 0 N–H and O–H groups in total. The largest absolute Gasteiger partial charge is 0.299 e. The molecule has 0 radical (unpaired) electrons. The predicted molar refractivity (Wildman–Crippen MR) is 132 cm³/mol. The molecule has 2 nitrogen and oxygen atoms in total. The number of Topliss-reactive ketones (excluding diaryl/α,β-unsaturated/α-hetero) is 1. The number of rotatable bonds is 6. The van der Waals surface area contributed by atoms with Crippen LogP contribution in [0.5, 0.6) is 0 Å². The summed E-state index contributed by atoms with van der Waals surface area (Å²) >= 11 is 0. The van der Waals surface area contributed by atoms with Crippen LogP contribution in [0.15, 0.2) is 83.0 Å². The molecule has 0 amide bonds. The third kappa shape index (κ3) is 4.86. The molecule has 1 heterocycles. The van der Waals surface area contributed by atoms with Crippen molar-refractivity contribution < 1.29 is 13.6 Å². The van der Waals surface area contributed by atoms with E-state index in [0.29, 0.717) is 11.8 Å². The summed E-state index contributed by atoms with van der Waals surface area (Å²) in [6.07, 6.45) is 15.1. The summed E-state index contributed by atoms with van der Waals surface area (Å²) < 4.78 is 27.9. The second kappa shape index (κ2) is 10.0. The fourth-order valence-electron chi connectivity index (χ4n) is 5.62. The lowest BCUT2D eigenvalue weighted by molar-refractivity contribution is -0.117. The van der Waals surface area contributed by atoms with Gasteiger partial charge in [0.15, 0.2) is 0 Å². The van der Waals surface area contributed by atoms with Crippen LogP contribution in [-0.4, -0.2) is 11.5 Å². The smallest absolute Gasteiger partial charge is 0.141 e. The summed E-state index contributed by atoms with van der Waals surface area (Å²) in [6.45, 7) is 0. The Bertz CT molecular complexity index is 1200. The number of benzene rings is 2. The Labute approximate surface area is 199 Å². The number of ketones is 1. The average Bonchev–Trinajstić information content (AvgIpc) is 3.21. The molecule has 2 unspecified atom stereocenters. The van der Waals surface area contributed by atoms with E-state index >= 15 is 0 Å². The third-order valence-corrected chi connectivity index (χ3v) is 7.31. The Hall–Kier alpha value is -3.14. The van der Waals surface area contributed by atoms with E-state index in [2.05, 4.69) is 30.4 Å². The Morgan fingerprint density at radius 2 is 1.71 bits per heavy atom. The molecule has 0 aromatic heterocycles. The van der Waals surface area contributed by atoms with Gasteiger partial charge in [-0.05, 0) is 66.9 Å². The first-order chi connectivity index (χ1) is 16.6. The highest BCUT2D eigenvalue weighted by Gasteiger charge is 2.30. The Balaban J connectivity index is 1.29.